The van der Waals surface area contributed by atoms with Crippen LogP contribution in [0.3, 0.4) is 0 Å². The normalized spacial score (nSPS) is 10.1. The van der Waals surface area contributed by atoms with E-state index in [0.29, 0.717) is 12.4 Å². The smallest absolute Gasteiger partial charge is 0.276 e. The molecule has 15 heavy (non-hydrogen) atoms. The lowest BCUT2D eigenvalue weighted by Crippen LogP contribution is -2.16. The molecule has 2 heterocycles. The van der Waals surface area contributed by atoms with E-state index in [2.05, 4.69) is 25.5 Å². The van der Waals surface area contributed by atoms with E-state index in [1.165, 1.54) is 6.33 Å². The Hall–Kier alpha value is -2.31. The summed E-state index contributed by atoms with van der Waals surface area (Å²) in [5.74, 6) is 0.369. The molecule has 2 aromatic rings. The Morgan fingerprint density at radius 1 is 1.53 bits per heavy atom. The van der Waals surface area contributed by atoms with E-state index in [0.717, 1.165) is 5.69 Å². The molecular weight excluding hydrogens is 196 g/mol. The van der Waals surface area contributed by atoms with Crippen molar-refractivity contribution in [1.29, 1.82) is 0 Å². The number of hydrogen-bond acceptors (Lipinski definition) is 5. The van der Waals surface area contributed by atoms with Gasteiger partial charge in [0.15, 0.2) is 5.82 Å². The highest BCUT2D eigenvalue weighted by Crippen LogP contribution is 2.08. The molecule has 0 atom stereocenters. The summed E-state index contributed by atoms with van der Waals surface area (Å²) in [6.45, 7) is 0.487. The topological polar surface area (TPSA) is 112 Å². The molecule has 0 fully saturated rings. The molecule has 0 aliphatic carbocycles. The predicted octanol–water partition coefficient (Wildman–Crippen LogP) is -0.313. The SMILES string of the molecule is Nc1c(NCc2ccn[nH]2)nc[nH]c1=O. The summed E-state index contributed by atoms with van der Waals surface area (Å²) < 4.78 is 0. The van der Waals surface area contributed by atoms with Gasteiger partial charge in [0.25, 0.3) is 5.56 Å². The van der Waals surface area contributed by atoms with Gasteiger partial charge in [0.2, 0.25) is 0 Å². The number of nitrogens with zero attached hydrogens (tertiary/aromatic N) is 2. The van der Waals surface area contributed by atoms with Gasteiger partial charge in [-0.05, 0) is 6.07 Å². The summed E-state index contributed by atoms with van der Waals surface area (Å²) in [7, 11) is 0. The van der Waals surface area contributed by atoms with Crippen LogP contribution in [0.15, 0.2) is 23.4 Å². The number of nitrogens with two attached hydrogens (primary N) is 1. The fraction of sp³-hybridized carbons (Fsp3) is 0.125. The van der Waals surface area contributed by atoms with Crippen LogP contribution < -0.4 is 16.6 Å². The molecule has 5 N–H and O–H groups in total. The van der Waals surface area contributed by atoms with Crippen molar-refractivity contribution in [2.75, 3.05) is 11.1 Å². The quantitative estimate of drug-likeness (QED) is 0.550. The Morgan fingerprint density at radius 3 is 3.13 bits per heavy atom. The van der Waals surface area contributed by atoms with Gasteiger partial charge in [-0.1, -0.05) is 0 Å². The van der Waals surface area contributed by atoms with Crippen LogP contribution in [-0.2, 0) is 6.54 Å². The Labute approximate surface area is 84.7 Å². The van der Waals surface area contributed by atoms with Gasteiger partial charge in [0.1, 0.15) is 5.69 Å². The highest BCUT2D eigenvalue weighted by molar-refractivity contribution is 5.58. The molecule has 0 radical (unpaired) electrons. The first-order chi connectivity index (χ1) is 7.27. The second kappa shape index (κ2) is 3.82. The Morgan fingerprint density at radius 2 is 2.40 bits per heavy atom. The lowest BCUT2D eigenvalue weighted by molar-refractivity contribution is 0.970. The lowest BCUT2D eigenvalue weighted by atomic mass is 10.4. The number of anilines is 2. The highest BCUT2D eigenvalue weighted by atomic mass is 16.1. The minimum absolute atomic E-state index is 0.0806. The van der Waals surface area contributed by atoms with Gasteiger partial charge < -0.3 is 16.0 Å². The third kappa shape index (κ3) is 1.96. The monoisotopic (exact) mass is 206 g/mol. The standard InChI is InChI=1S/C8H10N6O/c9-6-7(11-4-12-8(6)15)10-3-5-1-2-13-14-5/h1-2,4H,3,9H2,(H,13,14)(H2,10,11,12,15). The molecule has 2 aromatic heterocycles. The van der Waals surface area contributed by atoms with Gasteiger partial charge in [-0.2, -0.15) is 5.10 Å². The number of rotatable bonds is 3. The molecule has 0 amide bonds. The van der Waals surface area contributed by atoms with E-state index in [-0.39, 0.29) is 11.2 Å². The van der Waals surface area contributed by atoms with Crippen LogP contribution in [0.25, 0.3) is 0 Å². The number of aromatic amines is 2. The summed E-state index contributed by atoms with van der Waals surface area (Å²) in [6, 6.07) is 1.82. The molecule has 2 rings (SSSR count). The second-order valence-corrected chi connectivity index (χ2v) is 2.93. The zero-order valence-electron chi connectivity index (χ0n) is 7.82. The highest BCUT2D eigenvalue weighted by Gasteiger charge is 2.03. The first-order valence-corrected chi connectivity index (χ1v) is 4.32. The van der Waals surface area contributed by atoms with E-state index in [1.54, 1.807) is 6.20 Å². The third-order valence-corrected chi connectivity index (χ3v) is 1.89. The lowest BCUT2D eigenvalue weighted by Gasteiger charge is -2.04. The van der Waals surface area contributed by atoms with Crippen molar-refractivity contribution in [3.63, 3.8) is 0 Å². The van der Waals surface area contributed by atoms with Crippen molar-refractivity contribution in [2.24, 2.45) is 0 Å². The summed E-state index contributed by atoms with van der Waals surface area (Å²) >= 11 is 0. The average molecular weight is 206 g/mol. The molecule has 0 bridgehead atoms. The fourth-order valence-corrected chi connectivity index (χ4v) is 1.11. The van der Waals surface area contributed by atoms with Gasteiger partial charge in [-0.25, -0.2) is 4.98 Å². The maximum Gasteiger partial charge on any atom is 0.276 e. The van der Waals surface area contributed by atoms with Crippen molar-refractivity contribution >= 4 is 11.5 Å². The molecule has 7 heteroatoms. The Bertz CT molecular complexity index is 488. The molecule has 0 aliphatic rings. The predicted molar refractivity (Wildman–Crippen MR) is 55.2 cm³/mol. The molecule has 0 saturated carbocycles. The van der Waals surface area contributed by atoms with Gasteiger partial charge in [0, 0.05) is 6.20 Å². The van der Waals surface area contributed by atoms with Crippen molar-refractivity contribution < 1.29 is 0 Å². The number of nitrogen functional groups attached to an aromatic ring is 1. The number of H-pyrrole nitrogens is 2. The Kier molecular flexibility index (Phi) is 2.36. The van der Waals surface area contributed by atoms with Crippen LogP contribution >= 0.6 is 0 Å². The Balaban J connectivity index is 2.12. The van der Waals surface area contributed by atoms with Crippen molar-refractivity contribution in [3.05, 3.63) is 34.6 Å². The maximum absolute atomic E-state index is 11.1. The van der Waals surface area contributed by atoms with Crippen LogP contribution in [0.2, 0.25) is 0 Å². The molecule has 0 aromatic carbocycles. The molecular formula is C8H10N6O. The van der Waals surface area contributed by atoms with E-state index in [1.807, 2.05) is 6.07 Å². The van der Waals surface area contributed by atoms with Crippen molar-refractivity contribution in [2.45, 2.75) is 6.54 Å². The molecule has 7 nitrogen and oxygen atoms in total. The fourth-order valence-electron chi connectivity index (χ4n) is 1.11. The van der Waals surface area contributed by atoms with Crippen LogP contribution in [0.5, 0.6) is 0 Å². The average Bonchev–Trinajstić information content (AvgIpc) is 2.73. The first-order valence-electron chi connectivity index (χ1n) is 4.32. The molecule has 0 saturated heterocycles. The summed E-state index contributed by atoms with van der Waals surface area (Å²) in [6.07, 6.45) is 2.94. The molecule has 0 unspecified atom stereocenters. The van der Waals surface area contributed by atoms with E-state index < -0.39 is 0 Å². The van der Waals surface area contributed by atoms with Crippen LogP contribution in [-0.4, -0.2) is 20.2 Å². The zero-order valence-corrected chi connectivity index (χ0v) is 7.82. The van der Waals surface area contributed by atoms with Gasteiger partial charge in [-0.3, -0.25) is 9.89 Å². The van der Waals surface area contributed by atoms with Crippen molar-refractivity contribution in [3.8, 4) is 0 Å². The molecule has 78 valence electrons. The molecule has 0 aliphatic heterocycles. The second-order valence-electron chi connectivity index (χ2n) is 2.93. The summed E-state index contributed by atoms with van der Waals surface area (Å²) in [5.41, 5.74) is 6.14. The van der Waals surface area contributed by atoms with Gasteiger partial charge in [-0.15, -0.1) is 0 Å². The third-order valence-electron chi connectivity index (χ3n) is 1.89. The van der Waals surface area contributed by atoms with Crippen LogP contribution in [0.4, 0.5) is 11.5 Å². The zero-order chi connectivity index (χ0) is 10.7. The largest absolute Gasteiger partial charge is 0.391 e. The van der Waals surface area contributed by atoms with E-state index >= 15 is 0 Å². The number of aromatic nitrogens is 4. The van der Waals surface area contributed by atoms with Crippen LogP contribution in [0.1, 0.15) is 5.69 Å². The molecule has 0 spiro atoms. The van der Waals surface area contributed by atoms with Gasteiger partial charge >= 0.3 is 0 Å². The van der Waals surface area contributed by atoms with Crippen LogP contribution in [0, 0.1) is 0 Å². The minimum Gasteiger partial charge on any atom is -0.391 e. The first kappa shape index (κ1) is 9.25. The number of hydrogen-bond donors (Lipinski definition) is 4. The maximum atomic E-state index is 11.1. The number of nitrogens with one attached hydrogen (secondary N) is 3. The van der Waals surface area contributed by atoms with E-state index in [9.17, 15) is 4.79 Å². The summed E-state index contributed by atoms with van der Waals surface area (Å²) in [4.78, 5) is 17.4. The minimum atomic E-state index is -0.350. The van der Waals surface area contributed by atoms with E-state index in [4.69, 9.17) is 5.73 Å². The summed E-state index contributed by atoms with van der Waals surface area (Å²) in [5, 5.41) is 9.49. The van der Waals surface area contributed by atoms with Crippen molar-refractivity contribution in [1.82, 2.24) is 20.2 Å². The van der Waals surface area contributed by atoms with Gasteiger partial charge in [0.05, 0.1) is 18.6 Å².